The number of fused-ring (bicyclic) bond motifs is 1. The third-order valence-electron chi connectivity index (χ3n) is 7.42. The maximum Gasteiger partial charge on any atom is 1.00 e. The Hall–Kier alpha value is -3.91. The number of carboxylic acid groups (broad SMARTS) is 1. The van der Waals surface area contributed by atoms with Gasteiger partial charge in [0.15, 0.2) is 0 Å². The largest absolute Gasteiger partial charge is 1.00 e. The van der Waals surface area contributed by atoms with Gasteiger partial charge in [0, 0.05) is 24.5 Å². The molecule has 0 spiro atoms. The van der Waals surface area contributed by atoms with Crippen LogP contribution in [0.1, 0.15) is 36.2 Å². The van der Waals surface area contributed by atoms with Crippen LogP contribution in [0, 0.1) is 0 Å². The summed E-state index contributed by atoms with van der Waals surface area (Å²) < 4.78 is 1.43. The zero-order valence-corrected chi connectivity index (χ0v) is 28.1. The molecule has 17 nitrogen and oxygen atoms in total. The van der Waals surface area contributed by atoms with Gasteiger partial charge in [-0.25, -0.2) is 14.5 Å². The number of aromatic nitrogens is 6. The van der Waals surface area contributed by atoms with E-state index < -0.39 is 47.2 Å². The molecule has 1 saturated carbocycles. The molecule has 1 aromatic carbocycles. The minimum atomic E-state index is -1.54. The summed E-state index contributed by atoms with van der Waals surface area (Å²) in [5, 5.41) is 46.2. The quantitative estimate of drug-likeness (QED) is 0.0912. The molecule has 5 N–H and O–H groups in total. The predicted molar refractivity (Wildman–Crippen MR) is 155 cm³/mol. The molecule has 2 aromatic heterocycles. The third-order valence-corrected chi connectivity index (χ3v) is 9.86. The van der Waals surface area contributed by atoms with E-state index >= 15 is 0 Å². The summed E-state index contributed by atoms with van der Waals surface area (Å²) >= 11 is 2.44. The number of amides is 4. The monoisotopic (exact) mass is 676 g/mol. The number of hydrogen-bond acceptors (Lipinski definition) is 14. The molecule has 20 heteroatoms. The molecule has 1 aliphatic carbocycles. The van der Waals surface area contributed by atoms with E-state index in [1.807, 2.05) is 0 Å². The van der Waals surface area contributed by atoms with E-state index in [1.165, 1.54) is 58.7 Å². The first-order chi connectivity index (χ1) is 21.5. The van der Waals surface area contributed by atoms with Crippen molar-refractivity contribution in [3.05, 3.63) is 53.1 Å². The van der Waals surface area contributed by atoms with Crippen LogP contribution >= 0.6 is 23.5 Å². The van der Waals surface area contributed by atoms with Gasteiger partial charge in [-0.1, -0.05) is 23.9 Å². The fraction of sp³-hybridized carbons (Fsp3) is 0.346. The van der Waals surface area contributed by atoms with Crippen molar-refractivity contribution in [3.63, 3.8) is 0 Å². The SMILES string of the molecule is Cn1nnnc1SCC1=C(C(=O)[O-])N2C(=O)C(NC(=O)C(c3ccc(O)cc3)N(C(N)=O)c3cnc(C4CC4)nc3O)[C@H]2SC1.[Na+]. The molecule has 4 heterocycles. The van der Waals surface area contributed by atoms with E-state index in [-0.39, 0.29) is 69.7 Å². The van der Waals surface area contributed by atoms with E-state index in [2.05, 4.69) is 30.8 Å². The number of aromatic hydroxyl groups is 2. The number of aliphatic carboxylic acids is 1. The van der Waals surface area contributed by atoms with Crippen LogP contribution in [0.3, 0.4) is 0 Å². The van der Waals surface area contributed by atoms with Crippen molar-refractivity contribution in [2.24, 2.45) is 12.8 Å². The van der Waals surface area contributed by atoms with Gasteiger partial charge >= 0.3 is 35.6 Å². The van der Waals surface area contributed by atoms with Crippen molar-refractivity contribution in [3.8, 4) is 11.6 Å². The van der Waals surface area contributed by atoms with Crippen LogP contribution in [0.15, 0.2) is 46.9 Å². The predicted octanol–water partition coefficient (Wildman–Crippen LogP) is -3.88. The Morgan fingerprint density at radius 2 is 1.96 bits per heavy atom. The molecule has 6 rings (SSSR count). The Bertz CT molecular complexity index is 1740. The number of rotatable bonds is 10. The Morgan fingerprint density at radius 1 is 1.24 bits per heavy atom. The average Bonchev–Trinajstić information content (AvgIpc) is 3.78. The Labute approximate surface area is 291 Å². The molecule has 3 aliphatic rings. The molecule has 2 aliphatic heterocycles. The van der Waals surface area contributed by atoms with Crippen LogP contribution in [-0.4, -0.2) is 92.0 Å². The molecule has 3 atom stereocenters. The number of nitrogens with zero attached hydrogens (tertiary/aromatic N) is 8. The van der Waals surface area contributed by atoms with E-state index in [4.69, 9.17) is 5.73 Å². The number of thioether (sulfide) groups is 2. The van der Waals surface area contributed by atoms with Gasteiger partial charge in [-0.15, -0.1) is 16.9 Å². The maximum absolute atomic E-state index is 13.9. The molecule has 234 valence electrons. The van der Waals surface area contributed by atoms with Gasteiger partial charge in [0.05, 0.1) is 17.9 Å². The molecule has 4 amide bonds. The second-order valence-corrected chi connectivity index (χ2v) is 12.5. The number of primary amides is 1. The van der Waals surface area contributed by atoms with Crippen LogP contribution in [0.25, 0.3) is 0 Å². The van der Waals surface area contributed by atoms with Crippen molar-refractivity contribution in [1.29, 1.82) is 0 Å². The van der Waals surface area contributed by atoms with Gasteiger partial charge in [0.2, 0.25) is 16.9 Å². The topological polar surface area (TPSA) is 246 Å². The first-order valence-electron chi connectivity index (χ1n) is 13.5. The van der Waals surface area contributed by atoms with Crippen LogP contribution < -0.4 is 50.6 Å². The first-order valence-corrected chi connectivity index (χ1v) is 15.6. The summed E-state index contributed by atoms with van der Waals surface area (Å²) in [6.07, 6.45) is 2.91. The molecule has 3 aromatic rings. The number of tetrazole rings is 1. The fourth-order valence-corrected chi connectivity index (χ4v) is 7.39. The van der Waals surface area contributed by atoms with Gasteiger partial charge < -0.3 is 31.2 Å². The molecule has 0 radical (unpaired) electrons. The minimum Gasteiger partial charge on any atom is -0.543 e. The van der Waals surface area contributed by atoms with Crippen LogP contribution in [-0.2, 0) is 21.4 Å². The fourth-order valence-electron chi connectivity index (χ4n) is 5.06. The number of nitrogens with one attached hydrogen (secondary N) is 1. The normalized spacial score (nSPS) is 19.4. The van der Waals surface area contributed by atoms with Gasteiger partial charge in [0.25, 0.3) is 5.91 Å². The molecule has 2 unspecified atom stereocenters. The number of β-lactam (4-membered cyclic amide) rings is 1. The van der Waals surface area contributed by atoms with E-state index in [0.29, 0.717) is 16.6 Å². The summed E-state index contributed by atoms with van der Waals surface area (Å²) in [7, 11) is 1.64. The number of phenolic OH excluding ortho intramolecular Hbond substituents is 1. The number of urea groups is 1. The van der Waals surface area contributed by atoms with E-state index in [1.54, 1.807) is 7.05 Å². The Kier molecular flexibility index (Phi) is 9.78. The van der Waals surface area contributed by atoms with Crippen molar-refractivity contribution in [2.45, 2.75) is 41.4 Å². The molecular weight excluding hydrogens is 651 g/mol. The number of carbonyl (C=O) groups excluding carboxylic acids is 4. The molecule has 0 bridgehead atoms. The average molecular weight is 677 g/mol. The second kappa shape index (κ2) is 13.4. The van der Waals surface area contributed by atoms with Gasteiger partial charge in [-0.05, 0) is 46.5 Å². The zero-order valence-electron chi connectivity index (χ0n) is 24.4. The van der Waals surface area contributed by atoms with Crippen LogP contribution in [0.2, 0.25) is 0 Å². The summed E-state index contributed by atoms with van der Waals surface area (Å²) in [5.74, 6) is -2.90. The minimum absolute atomic E-state index is 0. The second-order valence-electron chi connectivity index (χ2n) is 10.4. The summed E-state index contributed by atoms with van der Waals surface area (Å²) in [6.45, 7) is 0. The molecule has 46 heavy (non-hydrogen) atoms. The number of aryl methyl sites for hydroxylation is 1. The number of carboxylic acids is 1. The first kappa shape index (κ1) is 33.5. The number of nitrogens with two attached hydrogens (primary N) is 1. The number of carbonyl (C=O) groups is 4. The number of benzene rings is 1. The maximum atomic E-state index is 13.9. The Balaban J connectivity index is 0.00000417. The smallest absolute Gasteiger partial charge is 0.543 e. The van der Waals surface area contributed by atoms with Gasteiger partial charge in [0.1, 0.15) is 34.7 Å². The standard InChI is InChI=1S/C26H26N10O7S2.Na/c1-34-26(31-32-33-34)45-10-13-9-44-23-16(22(40)36(23)18(13)24(41)42)29-21(39)17(11-4-6-14(37)7-5-11)35(25(27)43)15-8-28-19(12-2-3-12)30-20(15)38;/h4-8,12,16-17,23,37H,2-3,9-10H2,1H3,(H2,27,43)(H,29,39)(H,41,42)(H,28,30,38);/q;+1/p-1/t16?,17?,23-;/m1./s1. The van der Waals surface area contributed by atoms with E-state index in [9.17, 15) is 34.5 Å². The van der Waals surface area contributed by atoms with Crippen molar-refractivity contribution in [2.75, 3.05) is 16.4 Å². The summed E-state index contributed by atoms with van der Waals surface area (Å²) in [5.41, 5.74) is 5.80. The van der Waals surface area contributed by atoms with Crippen molar-refractivity contribution >= 4 is 53.0 Å². The van der Waals surface area contributed by atoms with Gasteiger partial charge in [-0.3, -0.25) is 19.4 Å². The zero-order chi connectivity index (χ0) is 32.0. The van der Waals surface area contributed by atoms with Crippen LogP contribution in [0.5, 0.6) is 11.6 Å². The van der Waals surface area contributed by atoms with Crippen molar-refractivity contribution in [1.82, 2.24) is 40.4 Å². The number of phenols is 1. The van der Waals surface area contributed by atoms with Crippen molar-refractivity contribution < 1.29 is 64.1 Å². The Morgan fingerprint density at radius 3 is 2.54 bits per heavy atom. The summed E-state index contributed by atoms with van der Waals surface area (Å²) in [4.78, 5) is 62.5. The third kappa shape index (κ3) is 6.37. The summed E-state index contributed by atoms with van der Waals surface area (Å²) in [6, 6.07) is 1.52. The van der Waals surface area contributed by atoms with E-state index in [0.717, 1.165) is 22.6 Å². The molecule has 2 fully saturated rings. The molecular formula is C26H25N10NaO7S2. The van der Waals surface area contributed by atoms with Gasteiger partial charge in [-0.2, -0.15) is 4.98 Å². The molecule has 1 saturated heterocycles. The van der Waals surface area contributed by atoms with Crippen LogP contribution in [0.4, 0.5) is 10.5 Å². The number of hydrogen-bond donors (Lipinski definition) is 4. The number of anilines is 1.